The summed E-state index contributed by atoms with van der Waals surface area (Å²) in [4.78, 5) is 15.0. The van der Waals surface area contributed by atoms with Crippen molar-refractivity contribution in [2.45, 2.75) is 39.5 Å². The summed E-state index contributed by atoms with van der Waals surface area (Å²) in [6.07, 6.45) is 4.45. The fourth-order valence-electron chi connectivity index (χ4n) is 3.82. The topological polar surface area (TPSA) is 32.3 Å². The molecule has 0 unspecified atom stereocenters. The van der Waals surface area contributed by atoms with Gasteiger partial charge in [-0.25, -0.2) is 4.39 Å². The third-order valence-corrected chi connectivity index (χ3v) is 5.72. The zero-order chi connectivity index (χ0) is 16.4. The summed E-state index contributed by atoms with van der Waals surface area (Å²) in [5, 5.41) is 2.88. The molecule has 1 amide bonds. The van der Waals surface area contributed by atoms with Crippen molar-refractivity contribution >= 4 is 11.6 Å². The summed E-state index contributed by atoms with van der Waals surface area (Å²) >= 11 is 0. The average molecular weight is 318 g/mol. The van der Waals surface area contributed by atoms with E-state index in [9.17, 15) is 9.18 Å². The molecule has 2 aliphatic rings. The summed E-state index contributed by atoms with van der Waals surface area (Å²) in [6, 6.07) is 6.13. The molecular weight excluding hydrogens is 291 g/mol. The second-order valence-electron chi connectivity index (χ2n) is 7.43. The van der Waals surface area contributed by atoms with Crippen LogP contribution in [0.3, 0.4) is 0 Å². The number of likely N-dealkylation sites (tertiary alicyclic amines) is 1. The maximum atomic E-state index is 13.2. The fourth-order valence-corrected chi connectivity index (χ4v) is 3.82. The molecule has 0 bridgehead atoms. The van der Waals surface area contributed by atoms with E-state index in [1.165, 1.54) is 25.1 Å². The highest BCUT2D eigenvalue weighted by Gasteiger charge is 2.58. The van der Waals surface area contributed by atoms with Crippen LogP contribution in [0, 0.1) is 23.1 Å². The molecule has 23 heavy (non-hydrogen) atoms. The summed E-state index contributed by atoms with van der Waals surface area (Å²) in [5.41, 5.74) is 0.773. The van der Waals surface area contributed by atoms with E-state index in [1.54, 1.807) is 12.1 Å². The highest BCUT2D eigenvalue weighted by Crippen LogP contribution is 2.59. The number of halogens is 1. The Kier molecular flexibility index (Phi) is 4.72. The van der Waals surface area contributed by atoms with Crippen molar-refractivity contribution in [3.63, 3.8) is 0 Å². The lowest BCUT2D eigenvalue weighted by Crippen LogP contribution is -2.38. The van der Waals surface area contributed by atoms with Crippen LogP contribution in [0.4, 0.5) is 10.1 Å². The Morgan fingerprint density at radius 1 is 1.43 bits per heavy atom. The van der Waals surface area contributed by atoms with Gasteiger partial charge >= 0.3 is 0 Å². The molecule has 3 rings (SSSR count). The Hall–Kier alpha value is -1.42. The molecule has 1 aromatic rings. The third kappa shape index (κ3) is 3.74. The lowest BCUT2D eigenvalue weighted by atomic mass is 9.90. The van der Waals surface area contributed by atoms with E-state index in [4.69, 9.17) is 0 Å². The number of carbonyl (C=O) groups excluding carboxylic acids is 1. The first-order valence-corrected chi connectivity index (χ1v) is 8.81. The van der Waals surface area contributed by atoms with Gasteiger partial charge in [-0.05, 0) is 61.9 Å². The predicted molar refractivity (Wildman–Crippen MR) is 90.7 cm³/mol. The van der Waals surface area contributed by atoms with Crippen LogP contribution in [-0.4, -0.2) is 30.4 Å². The minimum Gasteiger partial charge on any atom is -0.326 e. The van der Waals surface area contributed by atoms with Gasteiger partial charge in [-0.15, -0.1) is 0 Å². The number of benzene rings is 1. The van der Waals surface area contributed by atoms with E-state index < -0.39 is 0 Å². The number of nitrogens with zero attached hydrogens (tertiary/aromatic N) is 1. The van der Waals surface area contributed by atoms with Crippen molar-refractivity contribution < 1.29 is 9.18 Å². The number of piperidine rings is 1. The van der Waals surface area contributed by atoms with Crippen molar-refractivity contribution in [3.05, 3.63) is 30.1 Å². The van der Waals surface area contributed by atoms with Crippen molar-refractivity contribution in [2.24, 2.45) is 17.3 Å². The van der Waals surface area contributed by atoms with Crippen LogP contribution in [0.2, 0.25) is 0 Å². The van der Waals surface area contributed by atoms with Gasteiger partial charge in [-0.1, -0.05) is 26.3 Å². The molecule has 1 aliphatic heterocycles. The monoisotopic (exact) mass is 318 g/mol. The van der Waals surface area contributed by atoms with E-state index in [-0.39, 0.29) is 23.1 Å². The molecule has 4 heteroatoms. The number of anilines is 1. The van der Waals surface area contributed by atoms with Crippen LogP contribution in [-0.2, 0) is 4.79 Å². The molecule has 0 radical (unpaired) electrons. The third-order valence-electron chi connectivity index (χ3n) is 5.72. The maximum Gasteiger partial charge on any atom is 0.228 e. The van der Waals surface area contributed by atoms with E-state index in [0.29, 0.717) is 5.69 Å². The smallest absolute Gasteiger partial charge is 0.228 e. The van der Waals surface area contributed by atoms with Crippen LogP contribution in [0.5, 0.6) is 0 Å². The number of carbonyl (C=O) groups is 1. The van der Waals surface area contributed by atoms with E-state index in [2.05, 4.69) is 24.1 Å². The molecule has 2 atom stereocenters. The first-order chi connectivity index (χ1) is 11.0. The number of hydrogen-bond acceptors (Lipinski definition) is 2. The minimum atomic E-state index is -0.313. The number of amides is 1. The van der Waals surface area contributed by atoms with E-state index in [1.807, 2.05) is 0 Å². The normalized spacial score (nSPS) is 24.4. The molecule has 1 saturated heterocycles. The first kappa shape index (κ1) is 16.4. The Morgan fingerprint density at radius 2 is 2.17 bits per heavy atom. The quantitative estimate of drug-likeness (QED) is 0.892. The molecule has 1 saturated carbocycles. The minimum absolute atomic E-state index is 0.0611. The van der Waals surface area contributed by atoms with E-state index in [0.717, 1.165) is 38.3 Å². The van der Waals surface area contributed by atoms with Gasteiger partial charge in [0.1, 0.15) is 5.82 Å². The van der Waals surface area contributed by atoms with Gasteiger partial charge in [0.25, 0.3) is 0 Å². The predicted octanol–water partition coefficient (Wildman–Crippen LogP) is 3.91. The van der Waals surface area contributed by atoms with Gasteiger partial charge in [-0.2, -0.15) is 0 Å². The molecule has 2 fully saturated rings. The SMILES string of the molecule is CC[C@H](C)CN1CCC2(CC1)C[C@@H]2C(=O)Nc1cccc(F)c1. The summed E-state index contributed by atoms with van der Waals surface area (Å²) in [7, 11) is 0. The summed E-state index contributed by atoms with van der Waals surface area (Å²) in [5.74, 6) is 0.601. The highest BCUT2D eigenvalue weighted by atomic mass is 19.1. The Balaban J connectivity index is 1.50. The summed E-state index contributed by atoms with van der Waals surface area (Å²) < 4.78 is 13.2. The lowest BCUT2D eigenvalue weighted by Gasteiger charge is -2.34. The second-order valence-corrected chi connectivity index (χ2v) is 7.43. The van der Waals surface area contributed by atoms with Gasteiger partial charge in [0.15, 0.2) is 0 Å². The summed E-state index contributed by atoms with van der Waals surface area (Å²) in [6.45, 7) is 7.93. The molecule has 1 heterocycles. The molecule has 1 N–H and O–H groups in total. The van der Waals surface area contributed by atoms with E-state index >= 15 is 0 Å². The van der Waals surface area contributed by atoms with Gasteiger partial charge in [0.2, 0.25) is 5.91 Å². The molecule has 1 aromatic carbocycles. The molecule has 3 nitrogen and oxygen atoms in total. The Labute approximate surface area is 138 Å². The zero-order valence-electron chi connectivity index (χ0n) is 14.1. The fraction of sp³-hybridized carbons (Fsp3) is 0.632. The maximum absolute atomic E-state index is 13.2. The molecule has 126 valence electrons. The Bertz CT molecular complexity index is 566. The molecule has 1 aliphatic carbocycles. The molecule has 1 spiro atoms. The van der Waals surface area contributed by atoms with Gasteiger partial charge < -0.3 is 10.2 Å². The average Bonchev–Trinajstić information content (AvgIpc) is 3.24. The van der Waals surface area contributed by atoms with Gasteiger partial charge in [0, 0.05) is 18.2 Å². The van der Waals surface area contributed by atoms with Gasteiger partial charge in [0.05, 0.1) is 0 Å². The van der Waals surface area contributed by atoms with Crippen LogP contribution < -0.4 is 5.32 Å². The first-order valence-electron chi connectivity index (χ1n) is 8.81. The molecule has 0 aromatic heterocycles. The van der Waals surface area contributed by atoms with Crippen LogP contribution >= 0.6 is 0 Å². The number of hydrogen-bond donors (Lipinski definition) is 1. The van der Waals surface area contributed by atoms with Crippen molar-refractivity contribution in [1.29, 1.82) is 0 Å². The Morgan fingerprint density at radius 3 is 2.83 bits per heavy atom. The molecular formula is C19H27FN2O. The largest absolute Gasteiger partial charge is 0.326 e. The number of rotatable bonds is 5. The standard InChI is InChI=1S/C19H27FN2O/c1-3-14(2)13-22-9-7-19(8-10-22)12-17(19)18(23)21-16-6-4-5-15(20)11-16/h4-6,11,14,17H,3,7-10,12-13H2,1-2H3,(H,21,23)/t14-,17+/m0/s1. The van der Waals surface area contributed by atoms with Crippen molar-refractivity contribution in [3.8, 4) is 0 Å². The van der Waals surface area contributed by atoms with Gasteiger partial charge in [-0.3, -0.25) is 4.79 Å². The van der Waals surface area contributed by atoms with Crippen molar-refractivity contribution in [2.75, 3.05) is 25.0 Å². The highest BCUT2D eigenvalue weighted by molar-refractivity contribution is 5.95. The van der Waals surface area contributed by atoms with Crippen LogP contribution in [0.25, 0.3) is 0 Å². The zero-order valence-corrected chi connectivity index (χ0v) is 14.1. The second kappa shape index (κ2) is 6.60. The van der Waals surface area contributed by atoms with Crippen LogP contribution in [0.1, 0.15) is 39.5 Å². The van der Waals surface area contributed by atoms with Crippen molar-refractivity contribution in [1.82, 2.24) is 4.90 Å². The lowest BCUT2D eigenvalue weighted by molar-refractivity contribution is -0.118. The number of nitrogens with one attached hydrogen (secondary N) is 1. The van der Waals surface area contributed by atoms with Crippen LogP contribution in [0.15, 0.2) is 24.3 Å².